The van der Waals surface area contributed by atoms with E-state index in [-0.39, 0.29) is 11.9 Å². The summed E-state index contributed by atoms with van der Waals surface area (Å²) in [5.41, 5.74) is 3.46. The number of fused-ring (bicyclic) bond motifs is 1. The zero-order valence-electron chi connectivity index (χ0n) is 19.5. The number of hydrogen-bond donors (Lipinski definition) is 0. The molecule has 2 aromatic carbocycles. The van der Waals surface area contributed by atoms with E-state index in [0.717, 1.165) is 64.1 Å². The van der Waals surface area contributed by atoms with Gasteiger partial charge in [0.25, 0.3) is 0 Å². The summed E-state index contributed by atoms with van der Waals surface area (Å²) in [4.78, 5) is 34.2. The van der Waals surface area contributed by atoms with Gasteiger partial charge in [-0.2, -0.15) is 0 Å². The van der Waals surface area contributed by atoms with Crippen LogP contribution in [0.2, 0.25) is 0 Å². The van der Waals surface area contributed by atoms with Gasteiger partial charge in [-0.3, -0.25) is 9.69 Å². The molecule has 1 aliphatic carbocycles. The highest BCUT2D eigenvalue weighted by atomic mass is 16.2. The maximum Gasteiger partial charge on any atom is 0.324 e. The van der Waals surface area contributed by atoms with Gasteiger partial charge in [-0.05, 0) is 55.4 Å². The Morgan fingerprint density at radius 1 is 0.879 bits per heavy atom. The van der Waals surface area contributed by atoms with Gasteiger partial charge < -0.3 is 14.7 Å². The fraction of sp³-hybridized carbons (Fsp3) is 0.481. The Morgan fingerprint density at radius 2 is 1.55 bits per heavy atom. The Bertz CT molecular complexity index is 979. The Labute approximate surface area is 196 Å². The van der Waals surface area contributed by atoms with Crippen LogP contribution in [0, 0.1) is 11.8 Å². The van der Waals surface area contributed by atoms with Crippen LogP contribution >= 0.6 is 0 Å². The highest BCUT2D eigenvalue weighted by molar-refractivity contribution is 5.94. The van der Waals surface area contributed by atoms with E-state index in [9.17, 15) is 9.59 Å². The molecule has 5 rings (SSSR count). The summed E-state index contributed by atoms with van der Waals surface area (Å²) >= 11 is 0. The van der Waals surface area contributed by atoms with Gasteiger partial charge >= 0.3 is 6.03 Å². The first-order valence-electron chi connectivity index (χ1n) is 12.3. The molecule has 2 aromatic rings. The number of anilines is 2. The number of carbonyl (C=O) groups excluding carboxylic acids is 2. The summed E-state index contributed by atoms with van der Waals surface area (Å²) in [6, 6.07) is 18.7. The van der Waals surface area contributed by atoms with Crippen LogP contribution in [0.25, 0.3) is 0 Å². The number of carbonyl (C=O) groups is 2. The molecule has 3 aliphatic rings. The first-order chi connectivity index (χ1) is 16.1. The lowest BCUT2D eigenvalue weighted by Gasteiger charge is -2.40. The summed E-state index contributed by atoms with van der Waals surface area (Å²) < 4.78 is 0. The summed E-state index contributed by atoms with van der Waals surface area (Å²) in [5, 5.41) is 0. The number of amides is 3. The molecule has 2 aliphatic heterocycles. The Balaban J connectivity index is 1.10. The van der Waals surface area contributed by atoms with Gasteiger partial charge in [-0.1, -0.05) is 36.4 Å². The molecule has 0 spiro atoms. The van der Waals surface area contributed by atoms with Crippen LogP contribution in [0.4, 0.5) is 16.2 Å². The highest BCUT2D eigenvalue weighted by Crippen LogP contribution is 2.33. The van der Waals surface area contributed by atoms with Crippen molar-refractivity contribution in [3.05, 3.63) is 60.2 Å². The van der Waals surface area contributed by atoms with Crippen molar-refractivity contribution in [2.24, 2.45) is 11.8 Å². The molecule has 2 heterocycles. The van der Waals surface area contributed by atoms with Crippen molar-refractivity contribution >= 4 is 23.3 Å². The van der Waals surface area contributed by atoms with Crippen LogP contribution in [0.3, 0.4) is 0 Å². The van der Waals surface area contributed by atoms with Gasteiger partial charge in [-0.25, -0.2) is 4.79 Å². The molecule has 33 heavy (non-hydrogen) atoms. The first-order valence-corrected chi connectivity index (χ1v) is 12.3. The van der Waals surface area contributed by atoms with Crippen molar-refractivity contribution in [2.75, 3.05) is 49.6 Å². The van der Waals surface area contributed by atoms with E-state index >= 15 is 0 Å². The minimum atomic E-state index is 0.0863. The lowest BCUT2D eigenvalue weighted by Crippen LogP contribution is -2.51. The molecule has 2 fully saturated rings. The van der Waals surface area contributed by atoms with E-state index in [1.54, 1.807) is 4.90 Å². The van der Waals surface area contributed by atoms with Crippen molar-refractivity contribution in [2.45, 2.75) is 32.2 Å². The molecular formula is C27H34N4O2. The monoisotopic (exact) mass is 446 g/mol. The van der Waals surface area contributed by atoms with Crippen LogP contribution in [-0.4, -0.2) is 61.5 Å². The maximum atomic E-state index is 13.2. The van der Waals surface area contributed by atoms with Gasteiger partial charge in [0, 0.05) is 57.9 Å². The standard InChI is InChI=1S/C27H34N4O2/c1-28-25-10-6-5-7-23(25)20-31(27(28)33)19-21-11-13-22(14-12-21)26(32)30-17-15-29(16-18-30)24-8-3-2-4-9-24/h2-10,21-22H,11-20H2,1H3/t21-,22-. The average molecular weight is 447 g/mol. The molecule has 0 aromatic heterocycles. The largest absolute Gasteiger partial charge is 0.368 e. The Hall–Kier alpha value is -3.02. The molecule has 0 unspecified atom stereocenters. The number of hydrogen-bond acceptors (Lipinski definition) is 3. The number of nitrogens with zero attached hydrogens (tertiary/aromatic N) is 4. The van der Waals surface area contributed by atoms with Gasteiger partial charge in [0.1, 0.15) is 0 Å². The zero-order chi connectivity index (χ0) is 22.8. The van der Waals surface area contributed by atoms with Gasteiger partial charge in [0.05, 0.1) is 5.69 Å². The predicted molar refractivity (Wildman–Crippen MR) is 131 cm³/mol. The van der Waals surface area contributed by atoms with E-state index in [4.69, 9.17) is 0 Å². The number of piperazine rings is 1. The molecule has 0 N–H and O–H groups in total. The van der Waals surface area contributed by atoms with Crippen LogP contribution in [0.1, 0.15) is 31.2 Å². The zero-order valence-corrected chi connectivity index (χ0v) is 19.5. The summed E-state index contributed by atoms with van der Waals surface area (Å²) in [5.74, 6) is 0.959. The third-order valence-electron chi connectivity index (χ3n) is 7.66. The molecule has 0 atom stereocenters. The van der Waals surface area contributed by atoms with Crippen LogP contribution in [0.5, 0.6) is 0 Å². The third kappa shape index (κ3) is 4.56. The van der Waals surface area contributed by atoms with Crippen molar-refractivity contribution < 1.29 is 9.59 Å². The number of urea groups is 1. The van der Waals surface area contributed by atoms with Crippen molar-refractivity contribution in [3.63, 3.8) is 0 Å². The molecule has 0 bridgehead atoms. The Morgan fingerprint density at radius 3 is 2.27 bits per heavy atom. The van der Waals surface area contributed by atoms with Crippen LogP contribution in [0.15, 0.2) is 54.6 Å². The summed E-state index contributed by atoms with van der Waals surface area (Å²) in [7, 11) is 1.86. The SMILES string of the molecule is CN1C(=O)N(C[C@H]2CC[C@H](C(=O)N3CCN(c4ccccc4)CC3)CC2)Cc2ccccc21. The highest BCUT2D eigenvalue weighted by Gasteiger charge is 2.34. The molecule has 0 radical (unpaired) electrons. The molecule has 174 valence electrons. The van der Waals surface area contributed by atoms with Gasteiger partial charge in [-0.15, -0.1) is 0 Å². The molecule has 1 saturated carbocycles. The maximum absolute atomic E-state index is 13.2. The van der Waals surface area contributed by atoms with Crippen LogP contribution in [-0.2, 0) is 11.3 Å². The van der Waals surface area contributed by atoms with E-state index in [2.05, 4.69) is 40.1 Å². The van der Waals surface area contributed by atoms with Crippen LogP contribution < -0.4 is 9.80 Å². The fourth-order valence-corrected chi connectivity index (χ4v) is 5.69. The van der Waals surface area contributed by atoms with E-state index in [0.29, 0.717) is 18.4 Å². The minimum Gasteiger partial charge on any atom is -0.368 e. The second kappa shape index (κ2) is 9.46. The molecule has 3 amide bonds. The lowest BCUT2D eigenvalue weighted by atomic mass is 9.81. The summed E-state index contributed by atoms with van der Waals surface area (Å²) in [6.07, 6.45) is 3.93. The lowest BCUT2D eigenvalue weighted by molar-refractivity contribution is -0.137. The second-order valence-electron chi connectivity index (χ2n) is 9.72. The van der Waals surface area contributed by atoms with E-state index in [1.807, 2.05) is 36.2 Å². The van der Waals surface area contributed by atoms with Crippen molar-refractivity contribution in [1.29, 1.82) is 0 Å². The normalized spacial score (nSPS) is 23.5. The fourth-order valence-electron chi connectivity index (χ4n) is 5.69. The molecule has 1 saturated heterocycles. The second-order valence-corrected chi connectivity index (χ2v) is 9.72. The van der Waals surface area contributed by atoms with Crippen molar-refractivity contribution in [3.8, 4) is 0 Å². The third-order valence-corrected chi connectivity index (χ3v) is 7.66. The predicted octanol–water partition coefficient (Wildman–Crippen LogP) is 4.21. The van der Waals surface area contributed by atoms with E-state index < -0.39 is 0 Å². The average Bonchev–Trinajstić information content (AvgIpc) is 2.88. The van der Waals surface area contributed by atoms with Gasteiger partial charge in [0.15, 0.2) is 0 Å². The molecule has 6 heteroatoms. The quantitative estimate of drug-likeness (QED) is 0.707. The number of rotatable bonds is 4. The van der Waals surface area contributed by atoms with E-state index in [1.165, 1.54) is 11.3 Å². The number of benzene rings is 2. The first kappa shape index (κ1) is 21.8. The summed E-state index contributed by atoms with van der Waals surface area (Å²) in [6.45, 7) is 4.88. The number of para-hydroxylation sites is 2. The minimum absolute atomic E-state index is 0.0863. The van der Waals surface area contributed by atoms with Gasteiger partial charge in [0.2, 0.25) is 5.91 Å². The molecule has 6 nitrogen and oxygen atoms in total. The topological polar surface area (TPSA) is 47.1 Å². The Kier molecular flexibility index (Phi) is 6.25. The van der Waals surface area contributed by atoms with Crippen molar-refractivity contribution in [1.82, 2.24) is 9.80 Å². The molecular weight excluding hydrogens is 412 g/mol. The smallest absolute Gasteiger partial charge is 0.324 e.